The Kier molecular flexibility index (Phi) is 3.81. The summed E-state index contributed by atoms with van der Waals surface area (Å²) in [6.07, 6.45) is 0. The van der Waals surface area contributed by atoms with Crippen molar-refractivity contribution in [1.29, 1.82) is 0 Å². The molecule has 2 aromatic carbocycles. The average molecular weight is 298 g/mol. The second-order valence-corrected chi connectivity index (χ2v) is 4.75. The zero-order chi connectivity index (χ0) is 14.7. The van der Waals surface area contributed by atoms with Gasteiger partial charge in [-0.2, -0.15) is 5.10 Å². The van der Waals surface area contributed by atoms with E-state index in [4.69, 9.17) is 22.7 Å². The van der Waals surface area contributed by atoms with Crippen LogP contribution in [0.25, 0.3) is 17.1 Å². The van der Waals surface area contributed by atoms with Gasteiger partial charge in [-0.1, -0.05) is 18.2 Å². The minimum absolute atomic E-state index is 0.155. The summed E-state index contributed by atoms with van der Waals surface area (Å²) in [5.74, 6) is 1.48. The SMILES string of the molecule is NCOc1ccc(-c2n[nH]c(=S)n2-c2ccccc2)cc1. The van der Waals surface area contributed by atoms with Crippen LogP contribution in [0.5, 0.6) is 5.75 Å². The van der Waals surface area contributed by atoms with E-state index in [-0.39, 0.29) is 6.73 Å². The van der Waals surface area contributed by atoms with E-state index >= 15 is 0 Å². The van der Waals surface area contributed by atoms with E-state index in [0.29, 0.717) is 4.77 Å². The van der Waals surface area contributed by atoms with E-state index in [0.717, 1.165) is 22.8 Å². The molecule has 3 rings (SSSR count). The summed E-state index contributed by atoms with van der Waals surface area (Å²) >= 11 is 5.33. The third-order valence-electron chi connectivity index (χ3n) is 3.05. The molecule has 0 unspecified atom stereocenters. The fourth-order valence-corrected chi connectivity index (χ4v) is 2.34. The van der Waals surface area contributed by atoms with Crippen LogP contribution in [-0.4, -0.2) is 21.5 Å². The van der Waals surface area contributed by atoms with Gasteiger partial charge >= 0.3 is 0 Å². The molecule has 0 radical (unpaired) electrons. The molecule has 106 valence electrons. The molecule has 0 atom stereocenters. The van der Waals surface area contributed by atoms with Crippen molar-refractivity contribution in [3.63, 3.8) is 0 Å². The number of H-pyrrole nitrogens is 1. The lowest BCUT2D eigenvalue weighted by Gasteiger charge is -2.07. The zero-order valence-electron chi connectivity index (χ0n) is 11.2. The summed E-state index contributed by atoms with van der Waals surface area (Å²) in [7, 11) is 0. The fraction of sp³-hybridized carbons (Fsp3) is 0.0667. The number of ether oxygens (including phenoxy) is 1. The number of hydrogen-bond acceptors (Lipinski definition) is 4. The highest BCUT2D eigenvalue weighted by Gasteiger charge is 2.10. The number of benzene rings is 2. The molecule has 1 heterocycles. The summed E-state index contributed by atoms with van der Waals surface area (Å²) in [6, 6.07) is 17.4. The average Bonchev–Trinajstić information content (AvgIpc) is 2.91. The normalized spacial score (nSPS) is 10.5. The molecule has 3 aromatic rings. The second kappa shape index (κ2) is 5.90. The first kappa shape index (κ1) is 13.5. The van der Waals surface area contributed by atoms with E-state index in [1.807, 2.05) is 59.2 Å². The Morgan fingerprint density at radius 1 is 1.10 bits per heavy atom. The largest absolute Gasteiger partial charge is 0.479 e. The second-order valence-electron chi connectivity index (χ2n) is 4.36. The van der Waals surface area contributed by atoms with Gasteiger partial charge in [-0.3, -0.25) is 15.4 Å². The molecule has 0 amide bonds. The van der Waals surface area contributed by atoms with Gasteiger partial charge < -0.3 is 4.74 Å². The highest BCUT2D eigenvalue weighted by Crippen LogP contribution is 2.23. The molecule has 0 saturated heterocycles. The Hall–Kier alpha value is -2.44. The molecule has 0 bridgehead atoms. The van der Waals surface area contributed by atoms with Crippen LogP contribution in [-0.2, 0) is 0 Å². The first-order chi connectivity index (χ1) is 10.3. The first-order valence-corrected chi connectivity index (χ1v) is 6.86. The number of aromatic nitrogens is 3. The molecular formula is C15H14N4OS. The van der Waals surface area contributed by atoms with Crippen molar-refractivity contribution in [3.05, 3.63) is 59.4 Å². The van der Waals surface area contributed by atoms with Crippen molar-refractivity contribution in [2.45, 2.75) is 0 Å². The van der Waals surface area contributed by atoms with E-state index in [1.165, 1.54) is 0 Å². The zero-order valence-corrected chi connectivity index (χ0v) is 12.0. The summed E-state index contributed by atoms with van der Waals surface area (Å²) in [4.78, 5) is 0. The summed E-state index contributed by atoms with van der Waals surface area (Å²) in [6.45, 7) is 0.155. The molecule has 3 N–H and O–H groups in total. The topological polar surface area (TPSA) is 68.9 Å². The van der Waals surface area contributed by atoms with E-state index in [1.54, 1.807) is 0 Å². The number of hydrogen-bond donors (Lipinski definition) is 2. The highest BCUT2D eigenvalue weighted by molar-refractivity contribution is 7.71. The van der Waals surface area contributed by atoms with Crippen LogP contribution in [0.2, 0.25) is 0 Å². The summed E-state index contributed by atoms with van der Waals surface area (Å²) < 4.78 is 7.69. The molecule has 0 fully saturated rings. The fourth-order valence-electron chi connectivity index (χ4n) is 2.10. The molecule has 6 heteroatoms. The van der Waals surface area contributed by atoms with Crippen molar-refractivity contribution < 1.29 is 4.74 Å². The number of rotatable bonds is 4. The quantitative estimate of drug-likeness (QED) is 0.574. The van der Waals surface area contributed by atoms with Gasteiger partial charge in [0.05, 0.1) is 0 Å². The molecule has 0 aliphatic rings. The summed E-state index contributed by atoms with van der Waals surface area (Å²) in [5.41, 5.74) is 7.26. The highest BCUT2D eigenvalue weighted by atomic mass is 32.1. The van der Waals surface area contributed by atoms with E-state index in [2.05, 4.69) is 10.2 Å². The molecule has 1 aromatic heterocycles. The van der Waals surface area contributed by atoms with Crippen LogP contribution in [0.4, 0.5) is 0 Å². The maximum absolute atomic E-state index is 5.36. The van der Waals surface area contributed by atoms with Crippen molar-refractivity contribution in [1.82, 2.24) is 14.8 Å². The number of nitrogens with one attached hydrogen (secondary N) is 1. The van der Waals surface area contributed by atoms with Crippen LogP contribution in [0.1, 0.15) is 0 Å². The van der Waals surface area contributed by atoms with Crippen LogP contribution in [0.15, 0.2) is 54.6 Å². The Morgan fingerprint density at radius 2 is 1.81 bits per heavy atom. The summed E-state index contributed by atoms with van der Waals surface area (Å²) in [5, 5.41) is 7.16. The standard InChI is InChI=1S/C15H14N4OS/c16-10-20-13-8-6-11(7-9-13)14-17-18-15(21)19(14)12-4-2-1-3-5-12/h1-9H,10,16H2,(H,18,21). The lowest BCUT2D eigenvalue weighted by molar-refractivity contribution is 0.330. The Morgan fingerprint density at radius 3 is 2.48 bits per heavy atom. The number of aromatic amines is 1. The molecule has 0 saturated carbocycles. The minimum atomic E-state index is 0.155. The van der Waals surface area contributed by atoms with Gasteiger partial charge in [0.2, 0.25) is 0 Å². The van der Waals surface area contributed by atoms with Crippen LogP contribution < -0.4 is 10.5 Å². The van der Waals surface area contributed by atoms with E-state index in [9.17, 15) is 0 Å². The molecule has 0 aliphatic carbocycles. The Labute approximate surface area is 127 Å². The Bertz CT molecular complexity index is 777. The third kappa shape index (κ3) is 2.72. The van der Waals surface area contributed by atoms with Gasteiger partial charge in [0, 0.05) is 11.3 Å². The van der Waals surface area contributed by atoms with Gasteiger partial charge in [0.1, 0.15) is 12.5 Å². The molecule has 21 heavy (non-hydrogen) atoms. The van der Waals surface area contributed by atoms with E-state index < -0.39 is 0 Å². The predicted molar refractivity (Wildman–Crippen MR) is 83.9 cm³/mol. The van der Waals surface area contributed by atoms with Crippen LogP contribution >= 0.6 is 12.2 Å². The minimum Gasteiger partial charge on any atom is -0.479 e. The first-order valence-electron chi connectivity index (χ1n) is 6.46. The van der Waals surface area contributed by atoms with Crippen LogP contribution in [0.3, 0.4) is 0 Å². The lowest BCUT2D eigenvalue weighted by atomic mass is 10.2. The Balaban J connectivity index is 2.06. The molecular weight excluding hydrogens is 284 g/mol. The van der Waals surface area contributed by atoms with Crippen molar-refractivity contribution in [3.8, 4) is 22.8 Å². The van der Waals surface area contributed by atoms with Gasteiger partial charge in [-0.05, 0) is 48.6 Å². The third-order valence-corrected chi connectivity index (χ3v) is 3.32. The van der Waals surface area contributed by atoms with Crippen molar-refractivity contribution >= 4 is 12.2 Å². The van der Waals surface area contributed by atoms with Gasteiger partial charge in [0.25, 0.3) is 0 Å². The predicted octanol–water partition coefficient (Wildman–Crippen LogP) is 2.89. The monoisotopic (exact) mass is 298 g/mol. The van der Waals surface area contributed by atoms with Crippen molar-refractivity contribution in [2.24, 2.45) is 5.73 Å². The van der Waals surface area contributed by atoms with Gasteiger partial charge in [-0.15, -0.1) is 0 Å². The molecule has 0 spiro atoms. The number of nitrogens with zero attached hydrogens (tertiary/aromatic N) is 2. The maximum atomic E-state index is 5.36. The van der Waals surface area contributed by atoms with Gasteiger partial charge in [-0.25, -0.2) is 0 Å². The molecule has 5 nitrogen and oxygen atoms in total. The maximum Gasteiger partial charge on any atom is 0.200 e. The van der Waals surface area contributed by atoms with Gasteiger partial charge in [0.15, 0.2) is 10.6 Å². The van der Waals surface area contributed by atoms with Crippen molar-refractivity contribution in [2.75, 3.05) is 6.73 Å². The smallest absolute Gasteiger partial charge is 0.200 e. The molecule has 0 aliphatic heterocycles. The number of para-hydroxylation sites is 1. The number of nitrogens with two attached hydrogens (primary N) is 1. The van der Waals surface area contributed by atoms with Crippen LogP contribution in [0, 0.1) is 4.77 Å². The lowest BCUT2D eigenvalue weighted by Crippen LogP contribution is -2.07.